The molecule has 16 heavy (non-hydrogen) atoms. The average molecular weight is 218 g/mol. The van der Waals surface area contributed by atoms with Gasteiger partial charge in [-0.3, -0.25) is 4.79 Å². The fraction of sp³-hybridized carbons (Fsp3) is 0.800. The van der Waals surface area contributed by atoms with Gasteiger partial charge in [0.25, 0.3) is 0 Å². The van der Waals surface area contributed by atoms with Crippen molar-refractivity contribution in [3.63, 3.8) is 0 Å². The summed E-state index contributed by atoms with van der Waals surface area (Å²) < 4.78 is 0. The van der Waals surface area contributed by atoms with Crippen LogP contribution in [0.3, 0.4) is 0 Å². The van der Waals surface area contributed by atoms with Gasteiger partial charge in [-0.2, -0.15) is 0 Å². The van der Waals surface area contributed by atoms with Crippen molar-refractivity contribution in [3.05, 3.63) is 11.1 Å². The summed E-state index contributed by atoms with van der Waals surface area (Å²) in [5.74, 6) is 1.86. The smallest absolute Gasteiger partial charge is 0.159 e. The third-order valence-corrected chi connectivity index (χ3v) is 6.12. The number of hydrogen-bond acceptors (Lipinski definition) is 1. The molecule has 3 aliphatic carbocycles. The first-order valence-electron chi connectivity index (χ1n) is 6.64. The second kappa shape index (κ2) is 2.80. The zero-order valence-electron chi connectivity index (χ0n) is 10.9. The standard InChI is InChI=1S/C15H22O/c1-9-7-12(16)13-10(2)14(3,4)11-5-6-15(9,13)8-11/h9,11H,5-8H2,1-4H3/t9-,11-,15-/m0/s1. The minimum Gasteiger partial charge on any atom is -0.295 e. The molecule has 0 amide bonds. The zero-order valence-corrected chi connectivity index (χ0v) is 10.9. The Morgan fingerprint density at radius 3 is 2.69 bits per heavy atom. The van der Waals surface area contributed by atoms with Gasteiger partial charge >= 0.3 is 0 Å². The number of fused-ring (bicyclic) bond motifs is 1. The first-order valence-corrected chi connectivity index (χ1v) is 6.64. The van der Waals surface area contributed by atoms with Crippen LogP contribution in [-0.2, 0) is 4.79 Å². The predicted molar refractivity (Wildman–Crippen MR) is 65.0 cm³/mol. The van der Waals surface area contributed by atoms with Crippen molar-refractivity contribution in [2.75, 3.05) is 0 Å². The number of hydrogen-bond donors (Lipinski definition) is 0. The Hall–Kier alpha value is -0.590. The lowest BCUT2D eigenvalue weighted by Gasteiger charge is -2.43. The molecule has 0 saturated heterocycles. The van der Waals surface area contributed by atoms with E-state index in [2.05, 4.69) is 27.7 Å². The Balaban J connectivity index is 2.25. The van der Waals surface area contributed by atoms with Crippen molar-refractivity contribution >= 4 is 5.78 Å². The van der Waals surface area contributed by atoms with E-state index in [9.17, 15) is 4.79 Å². The maximum atomic E-state index is 12.2. The van der Waals surface area contributed by atoms with Gasteiger partial charge in [-0.15, -0.1) is 0 Å². The van der Waals surface area contributed by atoms with Gasteiger partial charge in [0, 0.05) is 17.4 Å². The monoisotopic (exact) mass is 218 g/mol. The molecule has 1 nitrogen and oxygen atoms in total. The molecule has 1 spiro atoms. The summed E-state index contributed by atoms with van der Waals surface area (Å²) in [5.41, 5.74) is 3.21. The minimum atomic E-state index is 0.259. The second-order valence-electron chi connectivity index (χ2n) is 6.85. The van der Waals surface area contributed by atoms with Crippen LogP contribution in [0.5, 0.6) is 0 Å². The van der Waals surface area contributed by atoms with Gasteiger partial charge in [-0.05, 0) is 43.4 Å². The van der Waals surface area contributed by atoms with E-state index in [-0.39, 0.29) is 5.41 Å². The van der Waals surface area contributed by atoms with E-state index < -0.39 is 0 Å². The molecule has 2 bridgehead atoms. The molecule has 0 unspecified atom stereocenters. The highest BCUT2D eigenvalue weighted by molar-refractivity contribution is 6.00. The lowest BCUT2D eigenvalue weighted by Crippen LogP contribution is -2.35. The molecule has 1 heteroatoms. The first kappa shape index (κ1) is 10.6. The van der Waals surface area contributed by atoms with Crippen molar-refractivity contribution in [2.45, 2.75) is 53.4 Å². The molecule has 3 atom stereocenters. The van der Waals surface area contributed by atoms with Gasteiger partial charge in [0.2, 0.25) is 0 Å². The highest BCUT2D eigenvalue weighted by atomic mass is 16.1. The Morgan fingerprint density at radius 2 is 2.00 bits per heavy atom. The molecule has 0 radical (unpaired) electrons. The van der Waals surface area contributed by atoms with Crippen molar-refractivity contribution in [3.8, 4) is 0 Å². The van der Waals surface area contributed by atoms with Crippen LogP contribution in [0.25, 0.3) is 0 Å². The summed E-state index contributed by atoms with van der Waals surface area (Å²) in [5, 5.41) is 0. The second-order valence-corrected chi connectivity index (χ2v) is 6.85. The van der Waals surface area contributed by atoms with Crippen LogP contribution in [0.4, 0.5) is 0 Å². The van der Waals surface area contributed by atoms with E-state index in [0.717, 1.165) is 12.3 Å². The largest absolute Gasteiger partial charge is 0.295 e. The SMILES string of the molecule is CC1=C2C(=O)C[C@H](C)[C@@]23CC[C@@H](C3)C1(C)C. The Morgan fingerprint density at radius 1 is 1.31 bits per heavy atom. The lowest BCUT2D eigenvalue weighted by atomic mass is 9.61. The fourth-order valence-corrected chi connectivity index (χ4v) is 4.68. The summed E-state index contributed by atoms with van der Waals surface area (Å²) in [7, 11) is 0. The average Bonchev–Trinajstić information content (AvgIpc) is 2.69. The molecule has 0 aliphatic heterocycles. The van der Waals surface area contributed by atoms with Crippen LogP contribution in [-0.4, -0.2) is 5.78 Å². The van der Waals surface area contributed by atoms with Crippen LogP contribution in [0.2, 0.25) is 0 Å². The maximum Gasteiger partial charge on any atom is 0.159 e. The highest BCUT2D eigenvalue weighted by Gasteiger charge is 2.59. The molecule has 0 aromatic carbocycles. The van der Waals surface area contributed by atoms with E-state index >= 15 is 0 Å². The molecule has 88 valence electrons. The van der Waals surface area contributed by atoms with Gasteiger partial charge in [0.05, 0.1) is 0 Å². The summed E-state index contributed by atoms with van der Waals surface area (Å²) >= 11 is 0. The van der Waals surface area contributed by atoms with Crippen molar-refractivity contribution < 1.29 is 4.79 Å². The minimum absolute atomic E-state index is 0.259. The summed E-state index contributed by atoms with van der Waals surface area (Å²) in [4.78, 5) is 12.2. The Bertz CT molecular complexity index is 402. The molecule has 0 aromatic heterocycles. The van der Waals surface area contributed by atoms with Crippen LogP contribution in [0.15, 0.2) is 11.1 Å². The third-order valence-electron chi connectivity index (χ3n) is 6.12. The number of Topliss-reactive ketones (excluding diaryl/α,β-unsaturated/α-hetero) is 1. The fourth-order valence-electron chi connectivity index (χ4n) is 4.68. The summed E-state index contributed by atoms with van der Waals surface area (Å²) in [6, 6.07) is 0. The molecular formula is C15H22O. The van der Waals surface area contributed by atoms with Crippen LogP contribution >= 0.6 is 0 Å². The number of rotatable bonds is 0. The number of carbonyl (C=O) groups excluding carboxylic acids is 1. The van der Waals surface area contributed by atoms with E-state index in [1.165, 1.54) is 30.4 Å². The molecule has 0 aromatic rings. The van der Waals surface area contributed by atoms with Gasteiger partial charge in [0.15, 0.2) is 5.78 Å². The van der Waals surface area contributed by atoms with Crippen LogP contribution in [0, 0.1) is 22.7 Å². The van der Waals surface area contributed by atoms with Crippen molar-refractivity contribution in [1.29, 1.82) is 0 Å². The highest BCUT2D eigenvalue weighted by Crippen LogP contribution is 2.66. The van der Waals surface area contributed by atoms with Crippen molar-refractivity contribution in [2.24, 2.45) is 22.7 Å². The van der Waals surface area contributed by atoms with Crippen LogP contribution in [0.1, 0.15) is 53.4 Å². The van der Waals surface area contributed by atoms with E-state index in [4.69, 9.17) is 0 Å². The van der Waals surface area contributed by atoms with Gasteiger partial charge in [-0.25, -0.2) is 0 Å². The van der Waals surface area contributed by atoms with Gasteiger partial charge in [-0.1, -0.05) is 26.3 Å². The van der Waals surface area contributed by atoms with E-state index in [0.29, 0.717) is 17.1 Å². The van der Waals surface area contributed by atoms with Gasteiger partial charge < -0.3 is 0 Å². The molecule has 2 fully saturated rings. The molecule has 0 N–H and O–H groups in total. The van der Waals surface area contributed by atoms with Crippen molar-refractivity contribution in [1.82, 2.24) is 0 Å². The van der Waals surface area contributed by atoms with Crippen LogP contribution < -0.4 is 0 Å². The first-order chi connectivity index (χ1) is 7.39. The summed E-state index contributed by atoms with van der Waals surface area (Å²) in [6.07, 6.45) is 4.67. The number of carbonyl (C=O) groups is 1. The Kier molecular flexibility index (Phi) is 1.85. The van der Waals surface area contributed by atoms with E-state index in [1.807, 2.05) is 0 Å². The zero-order chi connectivity index (χ0) is 11.7. The quantitative estimate of drug-likeness (QED) is 0.605. The molecule has 3 rings (SSSR count). The normalized spacial score (nSPS) is 45.1. The summed E-state index contributed by atoms with van der Waals surface area (Å²) in [6.45, 7) is 9.19. The molecular weight excluding hydrogens is 196 g/mol. The molecule has 2 saturated carbocycles. The number of allylic oxidation sites excluding steroid dienone is 2. The Labute approximate surface area is 98.3 Å². The maximum absolute atomic E-state index is 12.2. The molecule has 3 aliphatic rings. The predicted octanol–water partition coefficient (Wildman–Crippen LogP) is 3.74. The topological polar surface area (TPSA) is 17.1 Å². The lowest BCUT2D eigenvalue weighted by molar-refractivity contribution is -0.115. The number of ketones is 1. The third kappa shape index (κ3) is 0.959. The van der Waals surface area contributed by atoms with Gasteiger partial charge in [0.1, 0.15) is 0 Å². The molecule has 0 heterocycles. The van der Waals surface area contributed by atoms with E-state index in [1.54, 1.807) is 0 Å².